The van der Waals surface area contributed by atoms with Gasteiger partial charge in [-0.3, -0.25) is 4.98 Å². The van der Waals surface area contributed by atoms with Crippen molar-refractivity contribution in [3.8, 4) is 10.6 Å². The van der Waals surface area contributed by atoms with Crippen molar-refractivity contribution in [2.24, 2.45) is 0 Å². The Morgan fingerprint density at radius 3 is 2.33 bits per heavy atom. The maximum atomic E-state index is 14.3. The van der Waals surface area contributed by atoms with Crippen molar-refractivity contribution in [3.05, 3.63) is 29.8 Å². The average Bonchev–Trinajstić information content (AvgIpc) is 2.96. The molecule has 0 aliphatic carbocycles. The highest BCUT2D eigenvalue weighted by atomic mass is 32.1. The number of halogens is 1. The Labute approximate surface area is 127 Å². The number of hydrogen-bond donors (Lipinski definition) is 0. The summed E-state index contributed by atoms with van der Waals surface area (Å²) in [5.41, 5.74) is 1.58. The van der Waals surface area contributed by atoms with Gasteiger partial charge in [-0.05, 0) is 33.8 Å². The van der Waals surface area contributed by atoms with Crippen molar-refractivity contribution in [1.29, 1.82) is 0 Å². The summed E-state index contributed by atoms with van der Waals surface area (Å²) < 4.78 is 26.0. The standard InChI is InChI=1S/C14H16BFN2O2S/c1-13(2)14(3,4)20-15(19-13)9-5-6-10(18-12(9)16)11-7-17-8-21-11/h5-8H,1-4H3. The summed E-state index contributed by atoms with van der Waals surface area (Å²) in [5.74, 6) is -0.570. The van der Waals surface area contributed by atoms with Crippen LogP contribution >= 0.6 is 11.3 Å². The zero-order valence-corrected chi connectivity index (χ0v) is 13.2. The molecular weight excluding hydrogens is 290 g/mol. The van der Waals surface area contributed by atoms with Crippen LogP contribution in [0.5, 0.6) is 0 Å². The van der Waals surface area contributed by atoms with Crippen molar-refractivity contribution in [3.63, 3.8) is 0 Å². The van der Waals surface area contributed by atoms with Crippen molar-refractivity contribution >= 4 is 23.9 Å². The van der Waals surface area contributed by atoms with E-state index in [1.54, 1.807) is 23.8 Å². The molecule has 3 rings (SSSR count). The predicted molar refractivity (Wildman–Crippen MR) is 81.0 cm³/mol. The molecule has 0 unspecified atom stereocenters. The Morgan fingerprint density at radius 1 is 1.14 bits per heavy atom. The number of pyridine rings is 1. The van der Waals surface area contributed by atoms with Crippen molar-refractivity contribution < 1.29 is 13.7 Å². The maximum absolute atomic E-state index is 14.3. The first-order chi connectivity index (χ1) is 9.80. The third-order valence-corrected chi connectivity index (χ3v) is 4.87. The lowest BCUT2D eigenvalue weighted by atomic mass is 9.80. The summed E-state index contributed by atoms with van der Waals surface area (Å²) in [6.45, 7) is 7.74. The molecule has 0 spiro atoms. The number of rotatable bonds is 2. The van der Waals surface area contributed by atoms with E-state index in [4.69, 9.17) is 9.31 Å². The molecule has 1 aliphatic heterocycles. The lowest BCUT2D eigenvalue weighted by Gasteiger charge is -2.32. The van der Waals surface area contributed by atoms with Crippen LogP contribution in [-0.4, -0.2) is 28.3 Å². The highest BCUT2D eigenvalue weighted by Gasteiger charge is 2.52. The minimum absolute atomic E-state index is 0.321. The van der Waals surface area contributed by atoms with Gasteiger partial charge in [0.25, 0.3) is 0 Å². The minimum Gasteiger partial charge on any atom is -0.399 e. The van der Waals surface area contributed by atoms with E-state index < -0.39 is 24.3 Å². The maximum Gasteiger partial charge on any atom is 0.499 e. The van der Waals surface area contributed by atoms with Crippen molar-refractivity contribution in [2.75, 3.05) is 0 Å². The van der Waals surface area contributed by atoms with Gasteiger partial charge < -0.3 is 9.31 Å². The molecule has 4 nitrogen and oxygen atoms in total. The summed E-state index contributed by atoms with van der Waals surface area (Å²) in [5, 5.41) is 0. The quantitative estimate of drug-likeness (QED) is 0.632. The lowest BCUT2D eigenvalue weighted by molar-refractivity contribution is 0.00578. The Hall–Kier alpha value is -1.31. The number of thiazole rings is 1. The SMILES string of the molecule is CC1(C)OB(c2ccc(-c3cncs3)nc2F)OC1(C)C. The van der Waals surface area contributed by atoms with E-state index in [-0.39, 0.29) is 0 Å². The second kappa shape index (κ2) is 4.86. The third-order valence-electron chi connectivity index (χ3n) is 4.07. The molecule has 0 aromatic carbocycles. The fourth-order valence-electron chi connectivity index (χ4n) is 2.07. The smallest absolute Gasteiger partial charge is 0.399 e. The molecule has 0 atom stereocenters. The van der Waals surface area contributed by atoms with E-state index >= 15 is 0 Å². The Morgan fingerprint density at radius 2 is 1.81 bits per heavy atom. The second-order valence-electron chi connectivity index (χ2n) is 6.03. The zero-order chi connectivity index (χ0) is 15.3. The molecule has 0 bridgehead atoms. The van der Waals surface area contributed by atoms with Crippen LogP contribution in [0.3, 0.4) is 0 Å². The van der Waals surface area contributed by atoms with Crippen molar-refractivity contribution in [2.45, 2.75) is 38.9 Å². The Kier molecular flexibility index (Phi) is 3.39. The van der Waals surface area contributed by atoms with Gasteiger partial charge in [0.15, 0.2) is 0 Å². The fraction of sp³-hybridized carbons (Fsp3) is 0.429. The van der Waals surface area contributed by atoms with Crippen molar-refractivity contribution in [1.82, 2.24) is 9.97 Å². The van der Waals surface area contributed by atoms with Crippen LogP contribution in [0, 0.1) is 5.95 Å². The van der Waals surface area contributed by atoms with Crippen LogP contribution < -0.4 is 5.46 Å². The number of aromatic nitrogens is 2. The van der Waals surface area contributed by atoms with Gasteiger partial charge in [-0.2, -0.15) is 4.39 Å². The first-order valence-corrected chi connectivity index (χ1v) is 7.59. The van der Waals surface area contributed by atoms with Gasteiger partial charge in [0.2, 0.25) is 5.95 Å². The van der Waals surface area contributed by atoms with Gasteiger partial charge in [-0.1, -0.05) is 6.07 Å². The highest BCUT2D eigenvalue weighted by molar-refractivity contribution is 7.13. The molecule has 0 radical (unpaired) electrons. The van der Waals surface area contributed by atoms with Gasteiger partial charge in [-0.15, -0.1) is 11.3 Å². The van der Waals surface area contributed by atoms with Crippen LogP contribution in [0.1, 0.15) is 27.7 Å². The van der Waals surface area contributed by atoms with Gasteiger partial charge in [0.1, 0.15) is 0 Å². The van der Waals surface area contributed by atoms with Gasteiger partial charge >= 0.3 is 7.12 Å². The van der Waals surface area contributed by atoms with E-state index in [0.717, 1.165) is 4.88 Å². The summed E-state index contributed by atoms with van der Waals surface area (Å²) >= 11 is 1.42. The zero-order valence-electron chi connectivity index (χ0n) is 12.4. The highest BCUT2D eigenvalue weighted by Crippen LogP contribution is 2.36. The van der Waals surface area contributed by atoms with E-state index in [1.807, 2.05) is 27.7 Å². The van der Waals surface area contributed by atoms with Crippen LogP contribution in [0.15, 0.2) is 23.8 Å². The largest absolute Gasteiger partial charge is 0.499 e. The van der Waals surface area contributed by atoms with Crippen LogP contribution in [0.25, 0.3) is 10.6 Å². The monoisotopic (exact) mass is 306 g/mol. The molecule has 3 heterocycles. The molecule has 110 valence electrons. The van der Waals surface area contributed by atoms with Crippen LogP contribution in [0.2, 0.25) is 0 Å². The molecule has 0 N–H and O–H groups in total. The van der Waals surface area contributed by atoms with Gasteiger partial charge in [0, 0.05) is 11.7 Å². The summed E-state index contributed by atoms with van der Waals surface area (Å²) in [7, 11) is -0.738. The molecule has 2 aromatic heterocycles. The molecule has 1 fully saturated rings. The fourth-order valence-corrected chi connectivity index (χ4v) is 2.66. The van der Waals surface area contributed by atoms with E-state index in [0.29, 0.717) is 11.2 Å². The molecule has 1 saturated heterocycles. The predicted octanol–water partition coefficient (Wildman–Crippen LogP) is 2.64. The van der Waals surface area contributed by atoms with Gasteiger partial charge in [-0.25, -0.2) is 4.98 Å². The third kappa shape index (κ3) is 2.50. The lowest BCUT2D eigenvalue weighted by Crippen LogP contribution is -2.41. The summed E-state index contributed by atoms with van der Waals surface area (Å²) in [6, 6.07) is 3.43. The number of hydrogen-bond acceptors (Lipinski definition) is 5. The van der Waals surface area contributed by atoms with Gasteiger partial charge in [0.05, 0.1) is 27.3 Å². The van der Waals surface area contributed by atoms with E-state index in [2.05, 4.69) is 9.97 Å². The number of nitrogens with zero attached hydrogens (tertiary/aromatic N) is 2. The molecule has 0 amide bonds. The molecule has 0 saturated carbocycles. The first-order valence-electron chi connectivity index (χ1n) is 6.71. The van der Waals surface area contributed by atoms with E-state index in [9.17, 15) is 4.39 Å². The van der Waals surface area contributed by atoms with Crippen LogP contribution in [0.4, 0.5) is 4.39 Å². The molecule has 1 aliphatic rings. The second-order valence-corrected chi connectivity index (χ2v) is 6.92. The van der Waals surface area contributed by atoms with Crippen LogP contribution in [-0.2, 0) is 9.31 Å². The normalized spacial score (nSPS) is 20.0. The molecule has 21 heavy (non-hydrogen) atoms. The van der Waals surface area contributed by atoms with E-state index in [1.165, 1.54) is 11.3 Å². The summed E-state index contributed by atoms with van der Waals surface area (Å²) in [6.07, 6.45) is 1.67. The minimum atomic E-state index is -0.738. The Bertz CT molecular complexity index is 645. The molecule has 2 aromatic rings. The Balaban J connectivity index is 1.91. The summed E-state index contributed by atoms with van der Waals surface area (Å²) in [4.78, 5) is 8.80. The average molecular weight is 306 g/mol. The first kappa shape index (κ1) is 14.6. The molecule has 7 heteroatoms. The molecular formula is C14H16BFN2O2S. The topological polar surface area (TPSA) is 44.2 Å².